The molecule has 1 fully saturated rings. The van der Waals surface area contributed by atoms with E-state index in [1.54, 1.807) is 4.90 Å². The van der Waals surface area contributed by atoms with E-state index in [-0.39, 0.29) is 11.9 Å². The molecule has 30 heavy (non-hydrogen) atoms. The van der Waals surface area contributed by atoms with Crippen LogP contribution in [-0.2, 0) is 4.79 Å². The molecule has 0 bridgehead atoms. The van der Waals surface area contributed by atoms with Gasteiger partial charge < -0.3 is 15.1 Å². The molecule has 4 heteroatoms. The molecule has 1 saturated heterocycles. The van der Waals surface area contributed by atoms with E-state index in [2.05, 4.69) is 74.6 Å². The summed E-state index contributed by atoms with van der Waals surface area (Å²) < 4.78 is 0. The molecule has 1 aliphatic heterocycles. The lowest BCUT2D eigenvalue weighted by atomic mass is 9.97. The summed E-state index contributed by atoms with van der Waals surface area (Å²) in [4.78, 5) is 15.9. The first-order valence-corrected chi connectivity index (χ1v) is 11.4. The number of quaternary nitrogens is 2. The van der Waals surface area contributed by atoms with Crippen molar-refractivity contribution >= 4 is 17.7 Å². The van der Waals surface area contributed by atoms with E-state index >= 15 is 0 Å². The van der Waals surface area contributed by atoms with Gasteiger partial charge in [0, 0.05) is 5.69 Å². The molecule has 0 aliphatic carbocycles. The van der Waals surface area contributed by atoms with Gasteiger partial charge in [-0.25, -0.2) is 0 Å². The zero-order chi connectivity index (χ0) is 21.3. The van der Waals surface area contributed by atoms with Gasteiger partial charge in [-0.1, -0.05) is 68.5 Å². The third-order valence-corrected chi connectivity index (χ3v) is 6.48. The molecule has 0 radical (unpaired) electrons. The smallest absolute Gasteiger partial charge is 0.282 e. The minimum Gasteiger partial charge on any atom is -0.322 e. The molecular weight excluding hydrogens is 370 g/mol. The number of piperazine rings is 1. The SMILES string of the molecule is CC[C@H](C)c1ccccc1NC(=O)[C@H](C)[NH+]1CC[NH+](C/C=C/c2ccccc2)CC1. The molecule has 3 N–H and O–H groups in total. The Hall–Kier alpha value is -2.43. The topological polar surface area (TPSA) is 38.0 Å². The highest BCUT2D eigenvalue weighted by molar-refractivity contribution is 5.94. The number of carbonyl (C=O) groups excluding carboxylic acids is 1. The molecule has 1 amide bonds. The average Bonchev–Trinajstić information content (AvgIpc) is 2.79. The fourth-order valence-electron chi connectivity index (χ4n) is 4.17. The van der Waals surface area contributed by atoms with Gasteiger partial charge in [0.25, 0.3) is 5.91 Å². The molecule has 0 spiro atoms. The van der Waals surface area contributed by atoms with Gasteiger partial charge in [-0.15, -0.1) is 0 Å². The van der Waals surface area contributed by atoms with Crippen molar-refractivity contribution in [3.63, 3.8) is 0 Å². The Bertz CT molecular complexity index is 825. The van der Waals surface area contributed by atoms with Gasteiger partial charge in [-0.2, -0.15) is 0 Å². The standard InChI is InChI=1S/C26H35N3O/c1-4-21(2)24-14-8-9-15-25(24)27-26(30)22(3)29-19-17-28(18-20-29)16-10-13-23-11-6-5-7-12-23/h5-15,21-22H,4,16-20H2,1-3H3,(H,27,30)/p+2/b13-10+/t21-,22-/m0/s1. The van der Waals surface area contributed by atoms with Crippen LogP contribution in [0.3, 0.4) is 0 Å². The van der Waals surface area contributed by atoms with Crippen molar-refractivity contribution in [3.05, 3.63) is 71.8 Å². The summed E-state index contributed by atoms with van der Waals surface area (Å²) in [5.41, 5.74) is 3.46. The van der Waals surface area contributed by atoms with Gasteiger partial charge in [0.05, 0.1) is 6.54 Å². The average molecular weight is 408 g/mol. The molecule has 0 unspecified atom stereocenters. The fourth-order valence-corrected chi connectivity index (χ4v) is 4.17. The van der Waals surface area contributed by atoms with Gasteiger partial charge in [0.1, 0.15) is 26.2 Å². The van der Waals surface area contributed by atoms with E-state index in [9.17, 15) is 4.79 Å². The largest absolute Gasteiger partial charge is 0.322 e. The van der Waals surface area contributed by atoms with E-state index in [0.717, 1.165) is 44.8 Å². The lowest BCUT2D eigenvalue weighted by Crippen LogP contribution is -3.29. The Morgan fingerprint density at radius 1 is 1.00 bits per heavy atom. The molecule has 1 heterocycles. The first-order chi connectivity index (χ1) is 14.6. The minimum absolute atomic E-state index is 0.0311. The van der Waals surface area contributed by atoms with Crippen LogP contribution < -0.4 is 15.1 Å². The van der Waals surface area contributed by atoms with Crippen LogP contribution in [-0.4, -0.2) is 44.7 Å². The van der Waals surface area contributed by atoms with Crippen molar-refractivity contribution in [2.24, 2.45) is 0 Å². The van der Waals surface area contributed by atoms with Gasteiger partial charge >= 0.3 is 0 Å². The normalized spacial score (nSPS) is 21.3. The van der Waals surface area contributed by atoms with Crippen LogP contribution in [0.1, 0.15) is 44.2 Å². The van der Waals surface area contributed by atoms with Crippen LogP contribution in [0.4, 0.5) is 5.69 Å². The molecule has 3 rings (SSSR count). The Kier molecular flexibility index (Phi) is 8.23. The van der Waals surface area contributed by atoms with E-state index < -0.39 is 0 Å². The van der Waals surface area contributed by atoms with E-state index in [4.69, 9.17) is 0 Å². The number of hydrogen-bond donors (Lipinski definition) is 3. The highest BCUT2D eigenvalue weighted by Gasteiger charge is 2.31. The van der Waals surface area contributed by atoms with Crippen molar-refractivity contribution in [2.75, 3.05) is 38.0 Å². The second kappa shape index (κ2) is 11.1. The fraction of sp³-hybridized carbons (Fsp3) is 0.423. The van der Waals surface area contributed by atoms with Crippen LogP contribution >= 0.6 is 0 Å². The summed E-state index contributed by atoms with van der Waals surface area (Å²) in [7, 11) is 0. The number of benzene rings is 2. The molecule has 0 aromatic heterocycles. The van der Waals surface area contributed by atoms with Crippen LogP contribution in [0.15, 0.2) is 60.7 Å². The summed E-state index contributed by atoms with van der Waals surface area (Å²) in [6.07, 6.45) is 5.55. The lowest BCUT2D eigenvalue weighted by molar-refractivity contribution is -1.02. The summed E-state index contributed by atoms with van der Waals surface area (Å²) in [5.74, 6) is 0.577. The molecule has 2 atom stereocenters. The van der Waals surface area contributed by atoms with Crippen molar-refractivity contribution in [1.29, 1.82) is 0 Å². The van der Waals surface area contributed by atoms with Crippen molar-refractivity contribution in [1.82, 2.24) is 0 Å². The molecule has 1 aliphatic rings. The quantitative estimate of drug-likeness (QED) is 0.616. The molecule has 4 nitrogen and oxygen atoms in total. The summed E-state index contributed by atoms with van der Waals surface area (Å²) in [6, 6.07) is 18.6. The second-order valence-electron chi connectivity index (χ2n) is 8.53. The van der Waals surface area contributed by atoms with Crippen molar-refractivity contribution < 1.29 is 14.6 Å². The summed E-state index contributed by atoms with van der Waals surface area (Å²) >= 11 is 0. The van der Waals surface area contributed by atoms with E-state index in [1.807, 2.05) is 18.2 Å². The molecule has 2 aromatic rings. The van der Waals surface area contributed by atoms with Crippen LogP contribution in [0, 0.1) is 0 Å². The molecular formula is C26H37N3O+2. The van der Waals surface area contributed by atoms with E-state index in [1.165, 1.54) is 16.0 Å². The number of hydrogen-bond acceptors (Lipinski definition) is 1. The number of anilines is 1. The predicted molar refractivity (Wildman–Crippen MR) is 125 cm³/mol. The maximum absolute atomic E-state index is 12.9. The van der Waals surface area contributed by atoms with Crippen LogP contribution in [0.2, 0.25) is 0 Å². The van der Waals surface area contributed by atoms with Crippen molar-refractivity contribution in [3.8, 4) is 0 Å². The van der Waals surface area contributed by atoms with E-state index in [0.29, 0.717) is 5.92 Å². The monoisotopic (exact) mass is 407 g/mol. The van der Waals surface area contributed by atoms with Gasteiger partial charge in [-0.3, -0.25) is 4.79 Å². The number of rotatable bonds is 8. The minimum atomic E-state index is -0.0311. The predicted octanol–water partition coefficient (Wildman–Crippen LogP) is 2.02. The Morgan fingerprint density at radius 3 is 2.37 bits per heavy atom. The zero-order valence-electron chi connectivity index (χ0n) is 18.7. The van der Waals surface area contributed by atoms with Gasteiger partial charge in [0.2, 0.25) is 0 Å². The summed E-state index contributed by atoms with van der Waals surface area (Å²) in [5, 5.41) is 3.21. The molecule has 0 saturated carbocycles. The lowest BCUT2D eigenvalue weighted by Gasteiger charge is -2.32. The first kappa shape index (κ1) is 22.3. The number of amides is 1. The molecule has 160 valence electrons. The number of nitrogens with one attached hydrogen (secondary N) is 3. The maximum atomic E-state index is 12.9. The summed E-state index contributed by atoms with van der Waals surface area (Å²) in [6.45, 7) is 11.8. The third kappa shape index (κ3) is 6.04. The second-order valence-corrected chi connectivity index (χ2v) is 8.53. The third-order valence-electron chi connectivity index (χ3n) is 6.48. The van der Waals surface area contributed by atoms with Gasteiger partial charge in [0.15, 0.2) is 6.04 Å². The van der Waals surface area contributed by atoms with Crippen LogP contribution in [0.25, 0.3) is 6.08 Å². The highest BCUT2D eigenvalue weighted by atomic mass is 16.2. The number of carbonyl (C=O) groups is 1. The van der Waals surface area contributed by atoms with Gasteiger partial charge in [-0.05, 0) is 42.5 Å². The van der Waals surface area contributed by atoms with Crippen molar-refractivity contribution in [2.45, 2.75) is 39.2 Å². The Morgan fingerprint density at radius 2 is 1.67 bits per heavy atom. The zero-order valence-corrected chi connectivity index (χ0v) is 18.7. The number of para-hydroxylation sites is 1. The van der Waals surface area contributed by atoms with Crippen LogP contribution in [0.5, 0.6) is 0 Å². The highest BCUT2D eigenvalue weighted by Crippen LogP contribution is 2.26. The maximum Gasteiger partial charge on any atom is 0.282 e. The Balaban J connectivity index is 1.48. The molecule has 2 aromatic carbocycles. The Labute approximate surface area is 181 Å². The first-order valence-electron chi connectivity index (χ1n) is 11.4.